The summed E-state index contributed by atoms with van der Waals surface area (Å²) in [6, 6.07) is 1.79. The van der Waals surface area contributed by atoms with E-state index in [-0.39, 0.29) is 28.9 Å². The molecule has 6 nitrogen and oxygen atoms in total. The predicted octanol–water partition coefficient (Wildman–Crippen LogP) is 1.02. The molecule has 6 heteroatoms. The largest absolute Gasteiger partial charge is 0.469 e. The molecule has 0 atom stereocenters. The first-order chi connectivity index (χ1) is 9.93. The number of amides is 1. The molecule has 0 bridgehead atoms. The van der Waals surface area contributed by atoms with Gasteiger partial charge in [0.2, 0.25) is 0 Å². The SMILES string of the molecule is COC(=O)C1CCN(C(=O)c2c(C)cc(C)[nH]c2=O)CC1. The van der Waals surface area contributed by atoms with Crippen molar-refractivity contribution in [3.63, 3.8) is 0 Å². The van der Waals surface area contributed by atoms with E-state index in [0.717, 1.165) is 5.69 Å². The first-order valence-electron chi connectivity index (χ1n) is 7.01. The number of aromatic nitrogens is 1. The summed E-state index contributed by atoms with van der Waals surface area (Å²) in [5, 5.41) is 0. The van der Waals surface area contributed by atoms with Gasteiger partial charge >= 0.3 is 5.97 Å². The lowest BCUT2D eigenvalue weighted by Crippen LogP contribution is -2.42. The molecule has 1 fully saturated rings. The molecule has 0 radical (unpaired) electrons. The van der Waals surface area contributed by atoms with E-state index in [2.05, 4.69) is 4.98 Å². The van der Waals surface area contributed by atoms with Gasteiger partial charge in [0.1, 0.15) is 5.56 Å². The Labute approximate surface area is 123 Å². The zero-order valence-electron chi connectivity index (χ0n) is 12.6. The smallest absolute Gasteiger partial charge is 0.308 e. The quantitative estimate of drug-likeness (QED) is 0.825. The van der Waals surface area contributed by atoms with E-state index >= 15 is 0 Å². The Bertz CT molecular complexity index is 613. The number of nitrogens with one attached hydrogen (secondary N) is 1. The van der Waals surface area contributed by atoms with Crippen LogP contribution in [0.5, 0.6) is 0 Å². The van der Waals surface area contributed by atoms with Crippen LogP contribution in [0, 0.1) is 19.8 Å². The first kappa shape index (κ1) is 15.3. The van der Waals surface area contributed by atoms with Crippen molar-refractivity contribution in [1.29, 1.82) is 0 Å². The summed E-state index contributed by atoms with van der Waals surface area (Å²) in [6.07, 6.45) is 1.14. The van der Waals surface area contributed by atoms with Crippen molar-refractivity contribution in [3.05, 3.63) is 33.2 Å². The van der Waals surface area contributed by atoms with Crippen molar-refractivity contribution in [1.82, 2.24) is 9.88 Å². The van der Waals surface area contributed by atoms with Crippen molar-refractivity contribution >= 4 is 11.9 Å². The van der Waals surface area contributed by atoms with Crippen molar-refractivity contribution in [2.24, 2.45) is 5.92 Å². The summed E-state index contributed by atoms with van der Waals surface area (Å²) < 4.78 is 4.72. The first-order valence-corrected chi connectivity index (χ1v) is 7.01. The Morgan fingerprint density at radius 3 is 2.43 bits per heavy atom. The van der Waals surface area contributed by atoms with Crippen LogP contribution in [0.1, 0.15) is 34.5 Å². The second kappa shape index (κ2) is 6.11. The van der Waals surface area contributed by atoms with Gasteiger partial charge in [-0.1, -0.05) is 0 Å². The summed E-state index contributed by atoms with van der Waals surface area (Å²) in [5.41, 5.74) is 1.25. The van der Waals surface area contributed by atoms with Gasteiger partial charge in [0.05, 0.1) is 13.0 Å². The van der Waals surface area contributed by atoms with Gasteiger partial charge < -0.3 is 14.6 Å². The van der Waals surface area contributed by atoms with Crippen LogP contribution in [0.3, 0.4) is 0 Å². The van der Waals surface area contributed by atoms with E-state index < -0.39 is 0 Å². The van der Waals surface area contributed by atoms with Crippen molar-refractivity contribution in [2.45, 2.75) is 26.7 Å². The minimum absolute atomic E-state index is 0.156. The zero-order chi connectivity index (χ0) is 15.6. The van der Waals surface area contributed by atoms with Crippen molar-refractivity contribution in [3.8, 4) is 0 Å². The van der Waals surface area contributed by atoms with E-state index in [1.807, 2.05) is 0 Å². The Morgan fingerprint density at radius 1 is 1.29 bits per heavy atom. The van der Waals surface area contributed by atoms with Crippen LogP contribution in [0.4, 0.5) is 0 Å². The molecule has 0 aliphatic carbocycles. The third-order valence-electron chi connectivity index (χ3n) is 3.90. The van der Waals surface area contributed by atoms with Crippen molar-refractivity contribution in [2.75, 3.05) is 20.2 Å². The molecule has 2 rings (SSSR count). The highest BCUT2D eigenvalue weighted by atomic mass is 16.5. The van der Waals surface area contributed by atoms with Gasteiger partial charge in [0, 0.05) is 18.8 Å². The molecule has 1 aliphatic heterocycles. The minimum atomic E-state index is -0.354. The summed E-state index contributed by atoms with van der Waals surface area (Å²) in [7, 11) is 1.37. The van der Waals surface area contributed by atoms with Crippen molar-refractivity contribution < 1.29 is 14.3 Å². The molecule has 1 aromatic heterocycles. The molecule has 0 saturated carbocycles. The van der Waals surface area contributed by atoms with E-state index in [4.69, 9.17) is 4.74 Å². The van der Waals surface area contributed by atoms with Crippen LogP contribution in [-0.4, -0.2) is 42.0 Å². The number of methoxy groups -OCH3 is 1. The predicted molar refractivity (Wildman–Crippen MR) is 77.2 cm³/mol. The van der Waals surface area contributed by atoms with Gasteiger partial charge in [-0.15, -0.1) is 0 Å². The fourth-order valence-corrected chi connectivity index (χ4v) is 2.76. The maximum Gasteiger partial charge on any atom is 0.308 e. The Balaban J connectivity index is 2.13. The van der Waals surface area contributed by atoms with E-state index in [1.165, 1.54) is 7.11 Å². The number of carbonyl (C=O) groups is 2. The molecule has 0 aromatic carbocycles. The summed E-state index contributed by atoms with van der Waals surface area (Å²) in [4.78, 5) is 40.2. The van der Waals surface area contributed by atoms with E-state index in [1.54, 1.807) is 24.8 Å². The number of esters is 1. The highest BCUT2D eigenvalue weighted by Crippen LogP contribution is 2.20. The van der Waals surface area contributed by atoms with Crippen LogP contribution in [0.2, 0.25) is 0 Å². The molecule has 21 heavy (non-hydrogen) atoms. The third kappa shape index (κ3) is 3.15. The average molecular weight is 292 g/mol. The van der Waals surface area contributed by atoms with Gasteiger partial charge in [0.25, 0.3) is 11.5 Å². The minimum Gasteiger partial charge on any atom is -0.469 e. The molecule has 114 valence electrons. The normalized spacial score (nSPS) is 15.9. The molecule has 1 amide bonds. The third-order valence-corrected chi connectivity index (χ3v) is 3.90. The number of ether oxygens (including phenoxy) is 1. The second-order valence-electron chi connectivity index (χ2n) is 5.43. The number of pyridine rings is 1. The fourth-order valence-electron chi connectivity index (χ4n) is 2.76. The Morgan fingerprint density at radius 2 is 1.90 bits per heavy atom. The van der Waals surface area contributed by atoms with Gasteiger partial charge in [-0.05, 0) is 38.3 Å². The number of hydrogen-bond acceptors (Lipinski definition) is 4. The van der Waals surface area contributed by atoms with Crippen LogP contribution in [-0.2, 0) is 9.53 Å². The lowest BCUT2D eigenvalue weighted by atomic mass is 9.96. The average Bonchev–Trinajstić information content (AvgIpc) is 2.45. The number of H-pyrrole nitrogens is 1. The Hall–Kier alpha value is -2.11. The topological polar surface area (TPSA) is 79.5 Å². The molecule has 2 heterocycles. The number of nitrogens with zero attached hydrogens (tertiary/aromatic N) is 1. The van der Waals surface area contributed by atoms with Crippen LogP contribution < -0.4 is 5.56 Å². The number of aromatic amines is 1. The highest BCUT2D eigenvalue weighted by Gasteiger charge is 2.29. The molecule has 0 unspecified atom stereocenters. The van der Waals surface area contributed by atoms with Gasteiger partial charge in [-0.2, -0.15) is 0 Å². The molecule has 1 N–H and O–H groups in total. The maximum absolute atomic E-state index is 12.5. The number of likely N-dealkylation sites (tertiary alicyclic amines) is 1. The second-order valence-corrected chi connectivity index (χ2v) is 5.43. The van der Waals surface area contributed by atoms with Crippen LogP contribution in [0.25, 0.3) is 0 Å². The lowest BCUT2D eigenvalue weighted by molar-refractivity contribution is -0.146. The zero-order valence-corrected chi connectivity index (χ0v) is 12.6. The molecule has 1 aliphatic rings. The standard InChI is InChI=1S/C15H20N2O4/c1-9-8-10(2)16-13(18)12(9)14(19)17-6-4-11(5-7-17)15(20)21-3/h8,11H,4-7H2,1-3H3,(H,16,18). The number of rotatable bonds is 2. The maximum atomic E-state index is 12.5. The summed E-state index contributed by atoms with van der Waals surface area (Å²) in [6.45, 7) is 4.47. The Kier molecular flexibility index (Phi) is 4.45. The number of hydrogen-bond donors (Lipinski definition) is 1. The highest BCUT2D eigenvalue weighted by molar-refractivity contribution is 5.95. The van der Waals surface area contributed by atoms with Gasteiger partial charge in [-0.3, -0.25) is 14.4 Å². The summed E-state index contributed by atoms with van der Waals surface area (Å²) >= 11 is 0. The number of aryl methyl sites for hydroxylation is 2. The lowest BCUT2D eigenvalue weighted by Gasteiger charge is -2.30. The summed E-state index contributed by atoms with van der Waals surface area (Å²) in [5.74, 6) is -0.653. The molecular formula is C15H20N2O4. The van der Waals surface area contributed by atoms with Crippen LogP contribution >= 0.6 is 0 Å². The van der Waals surface area contributed by atoms with Gasteiger partial charge in [0.15, 0.2) is 0 Å². The monoisotopic (exact) mass is 292 g/mol. The van der Waals surface area contributed by atoms with E-state index in [0.29, 0.717) is 31.5 Å². The number of carbonyl (C=O) groups excluding carboxylic acids is 2. The van der Waals surface area contributed by atoms with Crippen LogP contribution in [0.15, 0.2) is 10.9 Å². The van der Waals surface area contributed by atoms with Gasteiger partial charge in [-0.25, -0.2) is 0 Å². The number of piperidine rings is 1. The van der Waals surface area contributed by atoms with E-state index in [9.17, 15) is 14.4 Å². The molecular weight excluding hydrogens is 272 g/mol. The molecule has 1 saturated heterocycles. The molecule has 0 spiro atoms. The fraction of sp³-hybridized carbons (Fsp3) is 0.533. The molecule has 1 aromatic rings.